The zero-order valence-corrected chi connectivity index (χ0v) is 23.3. The number of ether oxygens (including phenoxy) is 1. The maximum atomic E-state index is 14.5. The minimum atomic E-state index is -5.85. The van der Waals surface area contributed by atoms with Gasteiger partial charge >= 0.3 is 19.4 Å². The molecule has 1 aliphatic heterocycles. The van der Waals surface area contributed by atoms with Crippen molar-refractivity contribution in [1.82, 2.24) is 4.90 Å². The Morgan fingerprint density at radius 3 is 2.28 bits per heavy atom. The van der Waals surface area contributed by atoms with Crippen molar-refractivity contribution in [2.45, 2.75) is 37.2 Å². The number of carbonyl (C=O) groups excluding carboxylic acids is 1. The van der Waals surface area contributed by atoms with Gasteiger partial charge in [0, 0.05) is 15.4 Å². The number of alkyl halides is 5. The van der Waals surface area contributed by atoms with Gasteiger partial charge in [0.05, 0.1) is 11.2 Å². The number of thiophene rings is 1. The van der Waals surface area contributed by atoms with Gasteiger partial charge in [-0.15, -0.1) is 11.3 Å². The topological polar surface area (TPSA) is 113 Å². The third kappa shape index (κ3) is 6.63. The van der Waals surface area contributed by atoms with Crippen LogP contribution in [0.4, 0.5) is 22.0 Å². The van der Waals surface area contributed by atoms with Gasteiger partial charge in [-0.1, -0.05) is 24.3 Å². The second kappa shape index (κ2) is 11.1. The molecule has 0 spiro atoms. The fourth-order valence-corrected chi connectivity index (χ4v) is 7.41. The van der Waals surface area contributed by atoms with Crippen LogP contribution in [0, 0.1) is 0 Å². The Labute approximate surface area is 232 Å². The Bertz CT molecular complexity index is 1420. The SMILES string of the molecule is NC(=O)c1cc(OCc2ccc(C3CCN(CC(F)(F)F)CC3)cc2)c2sc(C(F)(F)P(=O)(O)O)c(Br)c2c1. The van der Waals surface area contributed by atoms with Gasteiger partial charge in [-0.2, -0.15) is 22.0 Å². The van der Waals surface area contributed by atoms with Gasteiger partial charge in [0.1, 0.15) is 17.2 Å². The van der Waals surface area contributed by atoms with Crippen molar-refractivity contribution >= 4 is 50.9 Å². The highest BCUT2D eigenvalue weighted by atomic mass is 79.9. The zero-order valence-electron chi connectivity index (χ0n) is 20.1. The highest BCUT2D eigenvalue weighted by Crippen LogP contribution is 2.63. The summed E-state index contributed by atoms with van der Waals surface area (Å²) >= 11 is 3.40. The Balaban J connectivity index is 1.52. The summed E-state index contributed by atoms with van der Waals surface area (Å²) in [5, 5.41) is 0.0849. The molecule has 4 rings (SSSR count). The summed E-state index contributed by atoms with van der Waals surface area (Å²) in [6, 6.07) is 9.79. The first-order chi connectivity index (χ1) is 18.1. The van der Waals surface area contributed by atoms with Crippen molar-refractivity contribution in [2.24, 2.45) is 5.73 Å². The van der Waals surface area contributed by atoms with E-state index in [2.05, 4.69) is 15.9 Å². The quantitative estimate of drug-likeness (QED) is 0.193. The van der Waals surface area contributed by atoms with Crippen LogP contribution in [-0.2, 0) is 16.8 Å². The van der Waals surface area contributed by atoms with Crippen molar-refractivity contribution in [3.05, 3.63) is 62.4 Å². The number of nitrogens with two attached hydrogens (primary N) is 1. The number of amides is 1. The lowest BCUT2D eigenvalue weighted by Crippen LogP contribution is -2.39. The molecule has 0 unspecified atom stereocenters. The summed E-state index contributed by atoms with van der Waals surface area (Å²) in [5.41, 5.74) is 2.54. The molecule has 0 aliphatic carbocycles. The molecular weight excluding hydrogens is 634 g/mol. The molecule has 0 radical (unpaired) electrons. The van der Waals surface area contributed by atoms with E-state index in [1.165, 1.54) is 17.0 Å². The summed E-state index contributed by atoms with van der Waals surface area (Å²) in [7, 11) is -5.85. The van der Waals surface area contributed by atoms with Crippen LogP contribution in [0.3, 0.4) is 0 Å². The van der Waals surface area contributed by atoms with E-state index in [-0.39, 0.29) is 38.4 Å². The van der Waals surface area contributed by atoms with Crippen LogP contribution < -0.4 is 10.5 Å². The van der Waals surface area contributed by atoms with Crippen LogP contribution >= 0.6 is 34.9 Å². The normalized spacial score (nSPS) is 16.1. The average molecular weight is 657 g/mol. The van der Waals surface area contributed by atoms with Gasteiger partial charge < -0.3 is 20.3 Å². The average Bonchev–Trinajstić information content (AvgIpc) is 3.19. The molecule has 3 aromatic rings. The van der Waals surface area contributed by atoms with Gasteiger partial charge in [-0.25, -0.2) is 0 Å². The monoisotopic (exact) mass is 656 g/mol. The fraction of sp³-hybridized carbons (Fsp3) is 0.375. The maximum absolute atomic E-state index is 14.5. The Kier molecular flexibility index (Phi) is 8.47. The molecule has 39 heavy (non-hydrogen) atoms. The van der Waals surface area contributed by atoms with E-state index in [0.29, 0.717) is 42.8 Å². The lowest BCUT2D eigenvalue weighted by Gasteiger charge is -2.32. The molecule has 2 heterocycles. The third-order valence-electron chi connectivity index (χ3n) is 6.45. The predicted octanol–water partition coefficient (Wildman–Crippen LogP) is 6.31. The summed E-state index contributed by atoms with van der Waals surface area (Å²) in [5.74, 6) is -0.705. The Morgan fingerprint density at radius 1 is 1.13 bits per heavy atom. The van der Waals surface area contributed by atoms with E-state index in [1.54, 1.807) is 12.1 Å². The molecule has 0 bridgehead atoms. The fourth-order valence-electron chi connectivity index (χ4n) is 4.44. The number of fused-ring (bicyclic) bond motifs is 1. The predicted molar refractivity (Wildman–Crippen MR) is 139 cm³/mol. The number of hydrogen-bond acceptors (Lipinski definition) is 5. The second-order valence-electron chi connectivity index (χ2n) is 9.24. The molecule has 2 aromatic carbocycles. The summed E-state index contributed by atoms with van der Waals surface area (Å²) in [4.78, 5) is 30.7. The van der Waals surface area contributed by atoms with Crippen molar-refractivity contribution in [1.29, 1.82) is 0 Å². The lowest BCUT2D eigenvalue weighted by atomic mass is 9.89. The van der Waals surface area contributed by atoms with E-state index in [1.807, 2.05) is 12.1 Å². The van der Waals surface area contributed by atoms with E-state index in [0.717, 1.165) is 5.56 Å². The number of rotatable bonds is 8. The largest absolute Gasteiger partial charge is 0.487 e. The molecule has 15 heteroatoms. The molecule has 1 aliphatic rings. The zero-order chi connectivity index (χ0) is 28.8. The number of nitrogens with zero attached hydrogens (tertiary/aromatic N) is 1. The van der Waals surface area contributed by atoms with Crippen molar-refractivity contribution in [3.8, 4) is 5.75 Å². The number of carbonyl (C=O) groups is 1. The molecular formula is C24H23BrF5N2O5PS. The van der Waals surface area contributed by atoms with Crippen molar-refractivity contribution in [2.75, 3.05) is 19.6 Å². The van der Waals surface area contributed by atoms with Gasteiger partial charge in [0.2, 0.25) is 5.91 Å². The molecule has 0 saturated carbocycles. The van der Waals surface area contributed by atoms with Crippen LogP contribution in [0.5, 0.6) is 5.75 Å². The lowest BCUT2D eigenvalue weighted by molar-refractivity contribution is -0.147. The minimum absolute atomic E-state index is 0.0264. The van der Waals surface area contributed by atoms with Crippen LogP contribution in [0.15, 0.2) is 40.9 Å². The third-order valence-corrected chi connectivity index (χ3v) is 9.94. The van der Waals surface area contributed by atoms with E-state index in [4.69, 9.17) is 10.5 Å². The molecule has 1 aromatic heterocycles. The van der Waals surface area contributed by atoms with E-state index < -0.39 is 36.8 Å². The number of halogens is 6. The number of primary amides is 1. The van der Waals surface area contributed by atoms with Crippen LogP contribution in [0.25, 0.3) is 10.1 Å². The van der Waals surface area contributed by atoms with Crippen LogP contribution in [0.2, 0.25) is 0 Å². The molecule has 4 N–H and O–H groups in total. The molecule has 212 valence electrons. The number of piperidine rings is 1. The van der Waals surface area contributed by atoms with Gasteiger partial charge in [-0.05, 0) is 71.0 Å². The van der Waals surface area contributed by atoms with Crippen LogP contribution in [0.1, 0.15) is 45.1 Å². The van der Waals surface area contributed by atoms with Gasteiger partial charge in [0.15, 0.2) is 0 Å². The highest BCUT2D eigenvalue weighted by Gasteiger charge is 2.53. The first-order valence-corrected chi connectivity index (χ1v) is 14.8. The van der Waals surface area contributed by atoms with E-state index in [9.17, 15) is 41.1 Å². The first-order valence-electron chi connectivity index (χ1n) is 11.6. The molecule has 1 saturated heterocycles. The molecule has 0 atom stereocenters. The van der Waals surface area contributed by atoms with Crippen LogP contribution in [-0.4, -0.2) is 46.4 Å². The Hall–Kier alpha value is -2.09. The minimum Gasteiger partial charge on any atom is -0.487 e. The molecule has 7 nitrogen and oxygen atoms in total. The first kappa shape index (κ1) is 29.9. The number of likely N-dealkylation sites (tertiary alicyclic amines) is 1. The Morgan fingerprint density at radius 2 is 1.74 bits per heavy atom. The smallest absolute Gasteiger partial charge is 0.401 e. The number of hydrogen-bond donors (Lipinski definition) is 3. The van der Waals surface area contributed by atoms with Gasteiger partial charge in [-0.3, -0.25) is 14.3 Å². The summed E-state index contributed by atoms with van der Waals surface area (Å²) < 4.78 is 84.1. The standard InChI is InChI=1S/C24H23BrF5N2O5PS/c25-19-17-9-16(22(31)33)10-18(20(17)39-21(19)24(29,30)38(34,35)36)37-11-13-1-3-14(4-2-13)15-5-7-32(8-6-15)12-23(26,27)28/h1-4,9-10,15H,5-8,11-12H2,(H2,31,33)(H2,34,35,36). The molecule has 1 amide bonds. The summed E-state index contributed by atoms with van der Waals surface area (Å²) in [6.45, 7) is -0.248. The van der Waals surface area contributed by atoms with Crippen molar-refractivity contribution < 1.29 is 45.8 Å². The summed E-state index contributed by atoms with van der Waals surface area (Å²) in [6.07, 6.45) is -3.03. The second-order valence-corrected chi connectivity index (χ2v) is 12.7. The van der Waals surface area contributed by atoms with Crippen molar-refractivity contribution in [3.63, 3.8) is 0 Å². The molecule has 1 fully saturated rings. The van der Waals surface area contributed by atoms with Gasteiger partial charge in [0.25, 0.3) is 0 Å². The number of benzene rings is 2. The van der Waals surface area contributed by atoms with E-state index >= 15 is 0 Å². The highest BCUT2D eigenvalue weighted by molar-refractivity contribution is 9.10. The maximum Gasteiger partial charge on any atom is 0.401 e.